The van der Waals surface area contributed by atoms with E-state index in [1.807, 2.05) is 0 Å². The maximum atomic E-state index is 12.4. The summed E-state index contributed by atoms with van der Waals surface area (Å²) in [7, 11) is -4.19. The molecule has 0 saturated heterocycles. The van der Waals surface area contributed by atoms with Crippen molar-refractivity contribution >= 4 is 33.2 Å². The van der Waals surface area contributed by atoms with Crippen LogP contribution in [0.15, 0.2) is 11.1 Å². The monoisotopic (exact) mass is 276 g/mol. The molecule has 84 valence electrons. The van der Waals surface area contributed by atoms with Crippen molar-refractivity contribution in [3.8, 4) is 0 Å². The first-order valence-electron chi connectivity index (χ1n) is 3.40. The molecule has 0 bridgehead atoms. The highest BCUT2D eigenvalue weighted by Gasteiger charge is 2.21. The lowest BCUT2D eigenvalue weighted by molar-refractivity contribution is 0.151. The van der Waals surface area contributed by atoms with Crippen LogP contribution in [0.3, 0.4) is 0 Å². The van der Waals surface area contributed by atoms with Gasteiger partial charge in [0, 0.05) is 5.56 Å². The average molecular weight is 277 g/mol. The molecule has 0 atom stereocenters. The Bertz CT molecular complexity index is 492. The van der Waals surface area contributed by atoms with Crippen LogP contribution in [0.25, 0.3) is 0 Å². The number of alkyl halides is 2. The molecule has 0 aliphatic carbocycles. The van der Waals surface area contributed by atoms with Crippen molar-refractivity contribution in [1.29, 1.82) is 0 Å². The molecule has 1 heterocycles. The lowest BCUT2D eigenvalue weighted by atomic mass is 10.3. The van der Waals surface area contributed by atoms with Gasteiger partial charge in [0.1, 0.15) is 5.15 Å². The van der Waals surface area contributed by atoms with Gasteiger partial charge in [-0.25, -0.2) is 27.3 Å². The van der Waals surface area contributed by atoms with E-state index in [1.165, 1.54) is 0 Å². The Morgan fingerprint density at radius 2 is 1.93 bits per heavy atom. The largest absolute Gasteiger partial charge is 0.265 e. The van der Waals surface area contributed by atoms with E-state index >= 15 is 0 Å². The zero-order chi connectivity index (χ0) is 11.8. The van der Waals surface area contributed by atoms with Crippen molar-refractivity contribution < 1.29 is 17.2 Å². The second-order valence-corrected chi connectivity index (χ2v) is 4.74. The van der Waals surface area contributed by atoms with Gasteiger partial charge in [-0.15, -0.1) is 0 Å². The van der Waals surface area contributed by atoms with Crippen LogP contribution in [0.4, 0.5) is 8.78 Å². The van der Waals surface area contributed by atoms with Crippen LogP contribution in [0, 0.1) is 0 Å². The molecular formula is C6H4Cl2F2N2O2S. The molecule has 1 aromatic rings. The first-order valence-corrected chi connectivity index (χ1v) is 5.70. The number of halogens is 4. The van der Waals surface area contributed by atoms with Gasteiger partial charge in [0.25, 0.3) is 16.4 Å². The molecule has 1 aromatic heterocycles. The van der Waals surface area contributed by atoms with Crippen molar-refractivity contribution in [3.63, 3.8) is 0 Å². The molecule has 0 amide bonds. The molecule has 1 rings (SSSR count). The molecule has 2 N–H and O–H groups in total. The SMILES string of the molecule is NS(=O)(=O)c1cc(C(F)F)c(Cl)c(Cl)n1. The highest BCUT2D eigenvalue weighted by atomic mass is 35.5. The van der Waals surface area contributed by atoms with Gasteiger partial charge in [-0.2, -0.15) is 0 Å². The summed E-state index contributed by atoms with van der Waals surface area (Å²) in [5.41, 5.74) is -0.722. The van der Waals surface area contributed by atoms with Gasteiger partial charge in [0.05, 0.1) is 5.02 Å². The fourth-order valence-electron chi connectivity index (χ4n) is 0.798. The van der Waals surface area contributed by atoms with Crippen LogP contribution in [-0.2, 0) is 10.0 Å². The molecule has 0 aliphatic rings. The predicted octanol–water partition coefficient (Wildman–Crippen LogP) is 1.97. The van der Waals surface area contributed by atoms with Crippen molar-refractivity contribution in [2.24, 2.45) is 5.14 Å². The van der Waals surface area contributed by atoms with E-state index in [1.54, 1.807) is 0 Å². The molecule has 0 spiro atoms. The van der Waals surface area contributed by atoms with E-state index in [2.05, 4.69) is 4.98 Å². The standard InChI is InChI=1S/C6H4Cl2F2N2O2S/c7-4-2(6(9)10)1-3(12-5(4)8)15(11,13)14/h1,6H,(H2,11,13,14). The van der Waals surface area contributed by atoms with Gasteiger partial charge in [-0.3, -0.25) is 0 Å². The summed E-state index contributed by atoms with van der Waals surface area (Å²) in [6.07, 6.45) is -2.96. The quantitative estimate of drug-likeness (QED) is 0.840. The molecule has 0 unspecified atom stereocenters. The van der Waals surface area contributed by atoms with Crippen LogP contribution in [0.1, 0.15) is 12.0 Å². The third-order valence-electron chi connectivity index (χ3n) is 1.45. The number of nitrogens with zero attached hydrogens (tertiary/aromatic N) is 1. The van der Waals surface area contributed by atoms with Crippen molar-refractivity contribution in [3.05, 3.63) is 21.8 Å². The zero-order valence-corrected chi connectivity index (χ0v) is 9.24. The second-order valence-electron chi connectivity index (χ2n) is 2.50. The molecule has 15 heavy (non-hydrogen) atoms. The fraction of sp³-hybridized carbons (Fsp3) is 0.167. The molecule has 4 nitrogen and oxygen atoms in total. The van der Waals surface area contributed by atoms with Crippen LogP contribution >= 0.6 is 23.2 Å². The third kappa shape index (κ3) is 2.75. The number of primary sulfonamides is 1. The predicted molar refractivity (Wildman–Crippen MR) is 50.6 cm³/mol. The zero-order valence-electron chi connectivity index (χ0n) is 6.92. The van der Waals surface area contributed by atoms with Gasteiger partial charge >= 0.3 is 0 Å². The number of nitrogens with two attached hydrogens (primary N) is 1. The first kappa shape index (κ1) is 12.6. The van der Waals surface area contributed by atoms with Gasteiger partial charge in [-0.05, 0) is 6.07 Å². The minimum atomic E-state index is -4.19. The lowest BCUT2D eigenvalue weighted by Crippen LogP contribution is -2.14. The number of rotatable bonds is 2. The Labute approximate surface area is 94.1 Å². The highest BCUT2D eigenvalue weighted by Crippen LogP contribution is 2.32. The second kappa shape index (κ2) is 4.17. The average Bonchev–Trinajstić information content (AvgIpc) is 2.06. The third-order valence-corrected chi connectivity index (χ3v) is 3.01. The van der Waals surface area contributed by atoms with Crippen molar-refractivity contribution in [2.45, 2.75) is 11.5 Å². The highest BCUT2D eigenvalue weighted by molar-refractivity contribution is 7.89. The smallest absolute Gasteiger partial charge is 0.223 e. The van der Waals surface area contributed by atoms with Gasteiger partial charge in [0.2, 0.25) is 0 Å². The number of hydrogen-bond acceptors (Lipinski definition) is 3. The molecule has 0 aromatic carbocycles. The molecule has 0 saturated carbocycles. The summed E-state index contributed by atoms with van der Waals surface area (Å²) in [6, 6.07) is 0.591. The molecule has 0 radical (unpaired) electrons. The van der Waals surface area contributed by atoms with E-state index < -0.39 is 37.2 Å². The molecular weight excluding hydrogens is 273 g/mol. The normalized spacial score (nSPS) is 12.1. The summed E-state index contributed by atoms with van der Waals surface area (Å²) in [5.74, 6) is 0. The van der Waals surface area contributed by atoms with Gasteiger partial charge in [-0.1, -0.05) is 23.2 Å². The van der Waals surface area contributed by atoms with E-state index in [-0.39, 0.29) is 0 Å². The maximum Gasteiger partial charge on any atom is 0.265 e. The lowest BCUT2D eigenvalue weighted by Gasteiger charge is -2.06. The number of aromatic nitrogens is 1. The summed E-state index contributed by atoms with van der Waals surface area (Å²) in [4.78, 5) is 3.27. The van der Waals surface area contributed by atoms with E-state index in [9.17, 15) is 17.2 Å². The Morgan fingerprint density at radius 3 is 2.33 bits per heavy atom. The number of hydrogen-bond donors (Lipinski definition) is 1. The van der Waals surface area contributed by atoms with E-state index in [4.69, 9.17) is 28.3 Å². The number of pyridine rings is 1. The van der Waals surface area contributed by atoms with E-state index in [0.717, 1.165) is 0 Å². The van der Waals surface area contributed by atoms with E-state index in [0.29, 0.717) is 6.07 Å². The molecule has 0 aliphatic heterocycles. The summed E-state index contributed by atoms with van der Waals surface area (Å²) >= 11 is 10.8. The van der Waals surface area contributed by atoms with Crippen LogP contribution in [0.2, 0.25) is 10.2 Å². The van der Waals surface area contributed by atoms with Crippen LogP contribution in [-0.4, -0.2) is 13.4 Å². The first-order chi connectivity index (χ1) is 6.73. The number of sulfonamides is 1. The Kier molecular flexibility index (Phi) is 3.49. The maximum absolute atomic E-state index is 12.4. The Morgan fingerprint density at radius 1 is 1.40 bits per heavy atom. The minimum Gasteiger partial charge on any atom is -0.223 e. The Balaban J connectivity index is 3.50. The summed E-state index contributed by atoms with van der Waals surface area (Å²) in [6.45, 7) is 0. The summed E-state index contributed by atoms with van der Waals surface area (Å²) in [5, 5.41) is 2.95. The Hall–Kier alpha value is -0.500. The summed E-state index contributed by atoms with van der Waals surface area (Å²) < 4.78 is 46.4. The molecule has 9 heteroatoms. The fourth-order valence-corrected chi connectivity index (χ4v) is 1.74. The topological polar surface area (TPSA) is 73.1 Å². The van der Waals surface area contributed by atoms with Crippen LogP contribution in [0.5, 0.6) is 0 Å². The minimum absolute atomic E-state index is 0.487. The van der Waals surface area contributed by atoms with Crippen molar-refractivity contribution in [2.75, 3.05) is 0 Å². The van der Waals surface area contributed by atoms with Gasteiger partial charge in [0.15, 0.2) is 5.03 Å². The molecule has 0 fully saturated rings. The van der Waals surface area contributed by atoms with Crippen molar-refractivity contribution in [1.82, 2.24) is 4.98 Å². The van der Waals surface area contributed by atoms with Crippen LogP contribution < -0.4 is 5.14 Å². The van der Waals surface area contributed by atoms with Gasteiger partial charge < -0.3 is 0 Å².